The number of terminal acetylenes is 1. The van der Waals surface area contributed by atoms with Crippen molar-refractivity contribution in [3.63, 3.8) is 0 Å². The molecule has 13 heavy (non-hydrogen) atoms. The van der Waals surface area contributed by atoms with E-state index in [4.69, 9.17) is 20.6 Å². The molecule has 1 aliphatic heterocycles. The molecule has 0 spiro atoms. The van der Waals surface area contributed by atoms with E-state index < -0.39 is 12.1 Å². The molecule has 1 saturated heterocycles. The zero-order chi connectivity index (χ0) is 9.73. The number of hydrogen-bond donors (Lipinski definition) is 0. The van der Waals surface area contributed by atoms with Gasteiger partial charge in [-0.25, -0.2) is 0 Å². The summed E-state index contributed by atoms with van der Waals surface area (Å²) in [6.07, 6.45) is 6.95. The Labute approximate surface area is 79.4 Å². The lowest BCUT2D eigenvalue weighted by Gasteiger charge is -2.36. The van der Waals surface area contributed by atoms with Gasteiger partial charge in [0.25, 0.3) is 6.48 Å². The molecular formula is C10H16O3. The minimum atomic E-state index is -0.588. The average Bonchev–Trinajstić information content (AvgIpc) is 2.19. The van der Waals surface area contributed by atoms with Crippen molar-refractivity contribution in [2.75, 3.05) is 13.2 Å². The Morgan fingerprint density at radius 2 is 2.38 bits per heavy atom. The summed E-state index contributed by atoms with van der Waals surface area (Å²) in [4.78, 5) is 0. The molecular weight excluding hydrogens is 168 g/mol. The van der Waals surface area contributed by atoms with Gasteiger partial charge < -0.3 is 14.2 Å². The molecule has 0 N–H and O–H groups in total. The Hall–Kier alpha value is -0.560. The highest BCUT2D eigenvalue weighted by molar-refractivity contribution is 5.08. The maximum atomic E-state index is 5.53. The van der Waals surface area contributed by atoms with Crippen molar-refractivity contribution in [3.05, 3.63) is 0 Å². The van der Waals surface area contributed by atoms with E-state index in [2.05, 4.69) is 5.92 Å². The van der Waals surface area contributed by atoms with Crippen molar-refractivity contribution < 1.29 is 14.2 Å². The predicted molar refractivity (Wildman–Crippen MR) is 48.9 cm³/mol. The van der Waals surface area contributed by atoms with Crippen LogP contribution in [0.5, 0.6) is 0 Å². The Morgan fingerprint density at radius 1 is 1.62 bits per heavy atom. The van der Waals surface area contributed by atoms with E-state index in [0.29, 0.717) is 13.2 Å². The lowest BCUT2D eigenvalue weighted by Crippen LogP contribution is -2.43. The van der Waals surface area contributed by atoms with Crippen molar-refractivity contribution >= 4 is 0 Å². The van der Waals surface area contributed by atoms with Crippen LogP contribution in [-0.2, 0) is 14.2 Å². The van der Waals surface area contributed by atoms with Gasteiger partial charge in [0.1, 0.15) is 5.60 Å². The Balaban J connectivity index is 2.54. The molecule has 3 heteroatoms. The van der Waals surface area contributed by atoms with Crippen molar-refractivity contribution in [3.8, 4) is 12.3 Å². The van der Waals surface area contributed by atoms with Crippen LogP contribution in [0.25, 0.3) is 0 Å². The van der Waals surface area contributed by atoms with Crippen molar-refractivity contribution in [1.29, 1.82) is 0 Å². The summed E-state index contributed by atoms with van der Waals surface area (Å²) in [6.45, 7) is 4.48. The highest BCUT2D eigenvalue weighted by Crippen LogP contribution is 2.27. The van der Waals surface area contributed by atoms with Crippen molar-refractivity contribution in [2.45, 2.75) is 38.8 Å². The van der Waals surface area contributed by atoms with Crippen LogP contribution in [0.3, 0.4) is 0 Å². The van der Waals surface area contributed by atoms with Gasteiger partial charge in [0.15, 0.2) is 0 Å². The van der Waals surface area contributed by atoms with E-state index in [1.54, 1.807) is 0 Å². The standard InChI is InChI=1S/C10H16O3/c1-4-10(5-2)7-8-12-9(13-10)11-6-3/h1,9H,5-8H2,2-3H3. The molecule has 1 rings (SSSR count). The lowest BCUT2D eigenvalue weighted by molar-refractivity contribution is -0.345. The largest absolute Gasteiger partial charge is 0.330 e. The van der Waals surface area contributed by atoms with Crippen LogP contribution in [0.2, 0.25) is 0 Å². The second kappa shape index (κ2) is 4.61. The topological polar surface area (TPSA) is 27.7 Å². The van der Waals surface area contributed by atoms with Gasteiger partial charge >= 0.3 is 0 Å². The zero-order valence-corrected chi connectivity index (χ0v) is 8.21. The summed E-state index contributed by atoms with van der Waals surface area (Å²) in [5.74, 6) is 2.67. The van der Waals surface area contributed by atoms with Crippen LogP contribution in [0.4, 0.5) is 0 Å². The van der Waals surface area contributed by atoms with Gasteiger partial charge in [0.05, 0.1) is 6.61 Å². The van der Waals surface area contributed by atoms with Gasteiger partial charge in [0, 0.05) is 13.0 Å². The molecule has 1 heterocycles. The summed E-state index contributed by atoms with van der Waals surface area (Å²) in [7, 11) is 0. The highest BCUT2D eigenvalue weighted by Gasteiger charge is 2.35. The Bertz CT molecular complexity index is 195. The van der Waals surface area contributed by atoms with Crippen LogP contribution in [0.15, 0.2) is 0 Å². The summed E-state index contributed by atoms with van der Waals surface area (Å²) < 4.78 is 16.0. The molecule has 0 saturated carbocycles. The lowest BCUT2D eigenvalue weighted by atomic mass is 9.97. The number of rotatable bonds is 3. The molecule has 0 aromatic rings. The van der Waals surface area contributed by atoms with E-state index >= 15 is 0 Å². The average molecular weight is 184 g/mol. The first-order valence-corrected chi connectivity index (χ1v) is 4.65. The minimum Gasteiger partial charge on any atom is -0.330 e. The van der Waals surface area contributed by atoms with Gasteiger partial charge in [0.2, 0.25) is 0 Å². The van der Waals surface area contributed by atoms with Crippen LogP contribution in [0.1, 0.15) is 26.7 Å². The maximum absolute atomic E-state index is 5.53. The fourth-order valence-electron chi connectivity index (χ4n) is 1.28. The van der Waals surface area contributed by atoms with E-state index in [1.165, 1.54) is 0 Å². The molecule has 0 aromatic heterocycles. The summed E-state index contributed by atoms with van der Waals surface area (Å²) >= 11 is 0. The third-order valence-electron chi connectivity index (χ3n) is 2.22. The van der Waals surface area contributed by atoms with Crippen LogP contribution >= 0.6 is 0 Å². The SMILES string of the molecule is C#CC1(CC)CCOC(OCC)O1. The van der Waals surface area contributed by atoms with Crippen LogP contribution in [0, 0.1) is 12.3 Å². The van der Waals surface area contributed by atoms with Crippen LogP contribution < -0.4 is 0 Å². The molecule has 2 unspecified atom stereocenters. The summed E-state index contributed by atoms with van der Waals surface area (Å²) in [5, 5.41) is 0. The molecule has 0 bridgehead atoms. The molecule has 2 atom stereocenters. The number of ether oxygens (including phenoxy) is 3. The minimum absolute atomic E-state index is 0.488. The molecule has 0 radical (unpaired) electrons. The van der Waals surface area contributed by atoms with Gasteiger partial charge in [-0.15, -0.1) is 6.42 Å². The van der Waals surface area contributed by atoms with E-state index in [-0.39, 0.29) is 0 Å². The molecule has 0 aromatic carbocycles. The van der Waals surface area contributed by atoms with Crippen molar-refractivity contribution in [1.82, 2.24) is 0 Å². The van der Waals surface area contributed by atoms with Crippen LogP contribution in [-0.4, -0.2) is 25.3 Å². The smallest absolute Gasteiger partial charge is 0.273 e. The monoisotopic (exact) mass is 184 g/mol. The third-order valence-corrected chi connectivity index (χ3v) is 2.22. The van der Waals surface area contributed by atoms with E-state index in [1.807, 2.05) is 13.8 Å². The Morgan fingerprint density at radius 3 is 2.92 bits per heavy atom. The molecule has 3 nitrogen and oxygen atoms in total. The van der Waals surface area contributed by atoms with Gasteiger partial charge in [-0.1, -0.05) is 12.8 Å². The van der Waals surface area contributed by atoms with Crippen molar-refractivity contribution in [2.24, 2.45) is 0 Å². The van der Waals surface area contributed by atoms with E-state index in [9.17, 15) is 0 Å². The third kappa shape index (κ3) is 2.44. The second-order valence-corrected chi connectivity index (χ2v) is 2.97. The summed E-state index contributed by atoms with van der Waals surface area (Å²) in [5.41, 5.74) is -0.488. The molecule has 0 amide bonds. The first-order valence-electron chi connectivity index (χ1n) is 4.65. The maximum Gasteiger partial charge on any atom is 0.273 e. The molecule has 1 fully saturated rings. The quantitative estimate of drug-likeness (QED) is 0.622. The highest BCUT2D eigenvalue weighted by atomic mass is 16.9. The molecule has 0 aliphatic carbocycles. The zero-order valence-electron chi connectivity index (χ0n) is 8.21. The second-order valence-electron chi connectivity index (χ2n) is 2.97. The fraction of sp³-hybridized carbons (Fsp3) is 0.800. The van der Waals surface area contributed by atoms with E-state index in [0.717, 1.165) is 12.8 Å². The molecule has 1 aliphatic rings. The van der Waals surface area contributed by atoms with Gasteiger partial charge in [-0.05, 0) is 13.3 Å². The summed E-state index contributed by atoms with van der Waals surface area (Å²) in [6, 6.07) is 0. The molecule has 74 valence electrons. The Kier molecular flexibility index (Phi) is 3.73. The van der Waals surface area contributed by atoms with Gasteiger partial charge in [-0.3, -0.25) is 0 Å². The first-order chi connectivity index (χ1) is 6.26. The number of hydrogen-bond acceptors (Lipinski definition) is 3. The first kappa shape index (κ1) is 10.5. The van der Waals surface area contributed by atoms with Gasteiger partial charge in [-0.2, -0.15) is 0 Å². The predicted octanol–water partition coefficient (Wildman–Crippen LogP) is 1.53. The fourth-order valence-corrected chi connectivity index (χ4v) is 1.28. The normalized spacial score (nSPS) is 34.1.